The van der Waals surface area contributed by atoms with Gasteiger partial charge >= 0.3 is 0 Å². The minimum Gasteiger partial charge on any atom is -0.350 e. The summed E-state index contributed by atoms with van der Waals surface area (Å²) in [5.41, 5.74) is 6.60. The van der Waals surface area contributed by atoms with Gasteiger partial charge in [0, 0.05) is 11.4 Å². The molecule has 4 heteroatoms. The van der Waals surface area contributed by atoms with Gasteiger partial charge in [0.2, 0.25) is 5.91 Å². The van der Waals surface area contributed by atoms with E-state index in [2.05, 4.69) is 12.2 Å². The Morgan fingerprint density at radius 2 is 2.15 bits per heavy atom. The SMILES string of the molecule is CCC(CCN)CCC(=O)N[C@H](C)c1cccc(Cl)c1. The van der Waals surface area contributed by atoms with Crippen molar-refractivity contribution >= 4 is 17.5 Å². The number of amides is 1. The standard InChI is InChI=1S/C16H25ClN2O/c1-3-13(9-10-18)7-8-16(20)19-12(2)14-5-4-6-15(17)11-14/h4-6,11-13H,3,7-10,18H2,1-2H3,(H,19,20)/t12-,13?/m1/s1. The first-order chi connectivity index (χ1) is 9.56. The van der Waals surface area contributed by atoms with Crippen molar-refractivity contribution < 1.29 is 4.79 Å². The summed E-state index contributed by atoms with van der Waals surface area (Å²) in [7, 11) is 0. The monoisotopic (exact) mass is 296 g/mol. The van der Waals surface area contributed by atoms with Crippen molar-refractivity contribution in [2.75, 3.05) is 6.54 Å². The Bertz CT molecular complexity index is 423. The van der Waals surface area contributed by atoms with E-state index in [4.69, 9.17) is 17.3 Å². The third kappa shape index (κ3) is 5.93. The van der Waals surface area contributed by atoms with Crippen LogP contribution in [-0.4, -0.2) is 12.5 Å². The maximum Gasteiger partial charge on any atom is 0.220 e. The van der Waals surface area contributed by atoms with E-state index in [1.807, 2.05) is 31.2 Å². The summed E-state index contributed by atoms with van der Waals surface area (Å²) in [6, 6.07) is 7.57. The number of hydrogen-bond acceptors (Lipinski definition) is 2. The van der Waals surface area contributed by atoms with Crippen molar-refractivity contribution in [3.8, 4) is 0 Å². The van der Waals surface area contributed by atoms with E-state index in [-0.39, 0.29) is 11.9 Å². The summed E-state index contributed by atoms with van der Waals surface area (Å²) in [6.07, 6.45) is 3.53. The Morgan fingerprint density at radius 1 is 1.40 bits per heavy atom. The smallest absolute Gasteiger partial charge is 0.220 e. The lowest BCUT2D eigenvalue weighted by Crippen LogP contribution is -2.27. The summed E-state index contributed by atoms with van der Waals surface area (Å²) in [5, 5.41) is 3.71. The van der Waals surface area contributed by atoms with E-state index < -0.39 is 0 Å². The molecule has 0 saturated carbocycles. The molecule has 0 aromatic heterocycles. The van der Waals surface area contributed by atoms with Crippen LogP contribution in [-0.2, 0) is 4.79 Å². The van der Waals surface area contributed by atoms with Gasteiger partial charge < -0.3 is 11.1 Å². The minimum absolute atomic E-state index is 0.0178. The fraction of sp³-hybridized carbons (Fsp3) is 0.562. The van der Waals surface area contributed by atoms with Crippen LogP contribution in [0.4, 0.5) is 0 Å². The molecule has 0 saturated heterocycles. The third-order valence-corrected chi connectivity index (χ3v) is 3.89. The normalized spacial score (nSPS) is 13.8. The van der Waals surface area contributed by atoms with Gasteiger partial charge in [-0.05, 0) is 49.9 Å². The lowest BCUT2D eigenvalue weighted by Gasteiger charge is -2.17. The van der Waals surface area contributed by atoms with Crippen LogP contribution in [0, 0.1) is 5.92 Å². The lowest BCUT2D eigenvalue weighted by atomic mass is 9.96. The van der Waals surface area contributed by atoms with Crippen LogP contribution in [0.25, 0.3) is 0 Å². The highest BCUT2D eigenvalue weighted by molar-refractivity contribution is 6.30. The van der Waals surface area contributed by atoms with Gasteiger partial charge in [-0.2, -0.15) is 0 Å². The number of nitrogens with two attached hydrogens (primary N) is 1. The molecule has 1 unspecified atom stereocenters. The van der Waals surface area contributed by atoms with E-state index in [9.17, 15) is 4.79 Å². The number of rotatable bonds is 8. The van der Waals surface area contributed by atoms with Gasteiger partial charge in [-0.3, -0.25) is 4.79 Å². The van der Waals surface area contributed by atoms with Crippen LogP contribution >= 0.6 is 11.6 Å². The van der Waals surface area contributed by atoms with E-state index >= 15 is 0 Å². The molecule has 0 aliphatic rings. The molecule has 1 amide bonds. The van der Waals surface area contributed by atoms with Gasteiger partial charge in [0.25, 0.3) is 0 Å². The summed E-state index contributed by atoms with van der Waals surface area (Å²) < 4.78 is 0. The molecule has 20 heavy (non-hydrogen) atoms. The van der Waals surface area contributed by atoms with Gasteiger partial charge in [0.1, 0.15) is 0 Å². The molecule has 112 valence electrons. The maximum atomic E-state index is 12.0. The van der Waals surface area contributed by atoms with Gasteiger partial charge in [-0.1, -0.05) is 37.1 Å². The predicted molar refractivity (Wildman–Crippen MR) is 84.7 cm³/mol. The molecule has 0 aliphatic carbocycles. The molecule has 0 fully saturated rings. The predicted octanol–water partition coefficient (Wildman–Crippen LogP) is 3.67. The zero-order valence-corrected chi connectivity index (χ0v) is 13.1. The van der Waals surface area contributed by atoms with Crippen molar-refractivity contribution in [1.82, 2.24) is 5.32 Å². The lowest BCUT2D eigenvalue weighted by molar-refractivity contribution is -0.122. The summed E-state index contributed by atoms with van der Waals surface area (Å²) in [6.45, 7) is 4.81. The molecule has 0 spiro atoms. The van der Waals surface area contributed by atoms with Crippen molar-refractivity contribution in [3.05, 3.63) is 34.9 Å². The number of nitrogens with one attached hydrogen (secondary N) is 1. The molecule has 2 atom stereocenters. The van der Waals surface area contributed by atoms with Crippen LogP contribution in [0.15, 0.2) is 24.3 Å². The first-order valence-corrected chi connectivity index (χ1v) is 7.69. The fourth-order valence-corrected chi connectivity index (χ4v) is 2.50. The Balaban J connectivity index is 2.42. The summed E-state index contributed by atoms with van der Waals surface area (Å²) in [4.78, 5) is 12.0. The van der Waals surface area contributed by atoms with Crippen LogP contribution in [0.3, 0.4) is 0 Å². The molecule has 0 heterocycles. The number of hydrogen-bond donors (Lipinski definition) is 2. The molecule has 0 aliphatic heterocycles. The number of carbonyl (C=O) groups is 1. The van der Waals surface area contributed by atoms with Gasteiger partial charge in [-0.15, -0.1) is 0 Å². The second kappa shape index (κ2) is 8.98. The average molecular weight is 297 g/mol. The second-order valence-corrected chi connectivity index (χ2v) is 5.67. The van der Waals surface area contributed by atoms with Crippen molar-refractivity contribution in [2.24, 2.45) is 11.7 Å². The van der Waals surface area contributed by atoms with Crippen LogP contribution < -0.4 is 11.1 Å². The van der Waals surface area contributed by atoms with E-state index in [1.54, 1.807) is 0 Å². The second-order valence-electron chi connectivity index (χ2n) is 5.23. The molecular formula is C16H25ClN2O. The summed E-state index contributed by atoms with van der Waals surface area (Å²) in [5.74, 6) is 0.639. The molecule has 1 aromatic rings. The van der Waals surface area contributed by atoms with Crippen molar-refractivity contribution in [1.29, 1.82) is 0 Å². The zero-order chi connectivity index (χ0) is 15.0. The largest absolute Gasteiger partial charge is 0.350 e. The number of benzene rings is 1. The van der Waals surface area contributed by atoms with Gasteiger partial charge in [-0.25, -0.2) is 0 Å². The Hall–Kier alpha value is -1.06. The van der Waals surface area contributed by atoms with Crippen molar-refractivity contribution in [3.63, 3.8) is 0 Å². The first kappa shape index (κ1) is 17.0. The van der Waals surface area contributed by atoms with Crippen molar-refractivity contribution in [2.45, 2.75) is 45.6 Å². The van der Waals surface area contributed by atoms with E-state index in [1.165, 1.54) is 0 Å². The van der Waals surface area contributed by atoms with Crippen LogP contribution in [0.2, 0.25) is 5.02 Å². The van der Waals surface area contributed by atoms with Crippen LogP contribution in [0.5, 0.6) is 0 Å². The molecule has 0 radical (unpaired) electrons. The first-order valence-electron chi connectivity index (χ1n) is 7.31. The highest BCUT2D eigenvalue weighted by Gasteiger charge is 2.12. The Labute approximate surface area is 126 Å². The highest BCUT2D eigenvalue weighted by atomic mass is 35.5. The van der Waals surface area contributed by atoms with Gasteiger partial charge in [0.05, 0.1) is 6.04 Å². The topological polar surface area (TPSA) is 55.1 Å². The molecular weight excluding hydrogens is 272 g/mol. The Morgan fingerprint density at radius 3 is 2.75 bits per heavy atom. The maximum absolute atomic E-state index is 12.0. The van der Waals surface area contributed by atoms with E-state index in [0.29, 0.717) is 23.9 Å². The quantitative estimate of drug-likeness (QED) is 0.769. The molecule has 3 nitrogen and oxygen atoms in total. The van der Waals surface area contributed by atoms with E-state index in [0.717, 1.165) is 24.8 Å². The van der Waals surface area contributed by atoms with Crippen LogP contribution in [0.1, 0.15) is 51.1 Å². The molecule has 1 aromatic carbocycles. The number of carbonyl (C=O) groups excluding carboxylic acids is 1. The third-order valence-electron chi connectivity index (χ3n) is 3.66. The Kier molecular flexibility index (Phi) is 7.63. The molecule has 0 bridgehead atoms. The fourth-order valence-electron chi connectivity index (χ4n) is 2.30. The molecule has 3 N–H and O–H groups in total. The number of halogens is 1. The minimum atomic E-state index is -0.0178. The van der Waals surface area contributed by atoms with Gasteiger partial charge in [0.15, 0.2) is 0 Å². The summed E-state index contributed by atoms with van der Waals surface area (Å²) >= 11 is 5.96. The molecule has 1 rings (SSSR count). The highest BCUT2D eigenvalue weighted by Crippen LogP contribution is 2.18. The zero-order valence-electron chi connectivity index (χ0n) is 12.4. The average Bonchev–Trinajstić information content (AvgIpc) is 2.43.